The first kappa shape index (κ1) is 7.61. The van der Waals surface area contributed by atoms with E-state index in [1.54, 1.807) is 0 Å². The van der Waals surface area contributed by atoms with Crippen LogP contribution >= 0.6 is 0 Å². The average Bonchev–Trinajstić information content (AvgIpc) is 1.85. The van der Waals surface area contributed by atoms with E-state index >= 15 is 0 Å². The minimum absolute atomic E-state index is 0.192. The average molecular weight is 123 g/mol. The number of Topliss-reactive ketones (excluding diaryl/α,β-unsaturated/α-hetero) is 1. The molecule has 3 heteroatoms. The summed E-state index contributed by atoms with van der Waals surface area (Å²) in [6.45, 7) is 0. The van der Waals surface area contributed by atoms with Crippen molar-refractivity contribution in [2.24, 2.45) is 0 Å². The molecule has 0 atom stereocenters. The Bertz CT molecular complexity index is 184. The Labute approximate surface area is 53.3 Å². The van der Waals surface area contributed by atoms with Crippen molar-refractivity contribution in [3.05, 3.63) is 0 Å². The van der Waals surface area contributed by atoms with Crippen LogP contribution in [0.5, 0.6) is 0 Å². The van der Waals surface area contributed by atoms with Crippen LogP contribution in [0.3, 0.4) is 0 Å². The molecule has 0 radical (unpaired) electrons. The van der Waals surface area contributed by atoms with Crippen LogP contribution in [-0.2, 0) is 4.79 Å². The third-order valence-corrected chi connectivity index (χ3v) is 0.724. The van der Waals surface area contributed by atoms with Gasteiger partial charge in [-0.25, -0.2) is 0 Å². The zero-order valence-corrected chi connectivity index (χ0v) is 4.92. The molecule has 0 saturated carbocycles. The first-order valence-electron chi connectivity index (χ1n) is 2.47. The maximum atomic E-state index is 10.4. The molecule has 0 aliphatic carbocycles. The van der Waals surface area contributed by atoms with Gasteiger partial charge in [0.05, 0.1) is 10.3 Å². The second kappa shape index (κ2) is 4.76. The van der Waals surface area contributed by atoms with Gasteiger partial charge in [-0.1, -0.05) is 0 Å². The normalized spacial score (nSPS) is 7.00. The second-order valence-electron chi connectivity index (χ2n) is 1.43. The number of hydrogen-bond acceptors (Lipinski definition) is 2. The van der Waals surface area contributed by atoms with Gasteiger partial charge in [0.25, 0.3) is 0 Å². The van der Waals surface area contributed by atoms with Crippen LogP contribution in [0.25, 0.3) is 0 Å². The molecule has 1 N–H and O–H groups in total. The quantitative estimate of drug-likeness (QED) is 0.249. The van der Waals surface area contributed by atoms with Gasteiger partial charge in [-0.15, -0.1) is 12.3 Å². The van der Waals surface area contributed by atoms with Gasteiger partial charge in [-0.3, -0.25) is 4.79 Å². The molecule has 0 aromatic carbocycles. The van der Waals surface area contributed by atoms with Crippen molar-refractivity contribution >= 4 is 12.0 Å². The monoisotopic (exact) mass is 123 g/mol. The van der Waals surface area contributed by atoms with Crippen LogP contribution in [0.1, 0.15) is 12.8 Å². The van der Waals surface area contributed by atoms with Gasteiger partial charge in [-0.2, -0.15) is 0 Å². The highest BCUT2D eigenvalue weighted by Gasteiger charge is 2.00. The van der Waals surface area contributed by atoms with Gasteiger partial charge in [-0.05, 0) is 0 Å². The molecule has 46 valence electrons. The number of ketones is 1. The Morgan fingerprint density at radius 2 is 2.56 bits per heavy atom. The van der Waals surface area contributed by atoms with Crippen LogP contribution in [0.4, 0.5) is 0 Å². The fraction of sp³-hybridized carbons (Fsp3) is 0.333. The summed E-state index contributed by atoms with van der Waals surface area (Å²) in [5.74, 6) is 2.12. The predicted molar refractivity (Wildman–Crippen MR) is 32.1 cm³/mol. The van der Waals surface area contributed by atoms with E-state index in [0.29, 0.717) is 12.8 Å². The molecule has 3 nitrogen and oxygen atoms in total. The van der Waals surface area contributed by atoms with Gasteiger partial charge in [0.1, 0.15) is 0 Å². The number of carbonyl (C=O) groups excluding carboxylic acids is 1. The Morgan fingerprint density at radius 1 is 1.89 bits per heavy atom. The highest BCUT2D eigenvalue weighted by Crippen LogP contribution is 1.83. The topological polar surface area (TPSA) is 55.0 Å². The molecule has 9 heavy (non-hydrogen) atoms. The van der Waals surface area contributed by atoms with Crippen molar-refractivity contribution in [2.75, 3.05) is 0 Å². The lowest BCUT2D eigenvalue weighted by atomic mass is 10.2. The first-order valence-corrected chi connectivity index (χ1v) is 2.47. The lowest BCUT2D eigenvalue weighted by Crippen LogP contribution is -1.97. The molecule has 0 fully saturated rings. The van der Waals surface area contributed by atoms with Crippen molar-refractivity contribution in [3.8, 4) is 12.3 Å². The van der Waals surface area contributed by atoms with E-state index in [4.69, 9.17) is 12.0 Å². The van der Waals surface area contributed by atoms with Crippen LogP contribution in [-0.4, -0.2) is 16.8 Å². The Kier molecular flexibility index (Phi) is 4.03. The molecule has 0 bridgehead atoms. The van der Waals surface area contributed by atoms with E-state index in [9.17, 15) is 4.79 Å². The summed E-state index contributed by atoms with van der Waals surface area (Å²) in [6.07, 6.45) is 6.55. The zero-order valence-electron chi connectivity index (χ0n) is 4.92. The van der Waals surface area contributed by atoms with E-state index in [0.717, 1.165) is 6.21 Å². The molecule has 0 aliphatic heterocycles. The standard InChI is InChI=1S/C6H7N2O/c1-2-3-4-6(9)5-8-7/h1,5,7H,3-4H2/q+1. The van der Waals surface area contributed by atoms with E-state index in [1.807, 2.05) is 0 Å². The van der Waals surface area contributed by atoms with E-state index < -0.39 is 0 Å². The highest BCUT2D eigenvalue weighted by molar-refractivity contribution is 6.25. The Hall–Kier alpha value is -1.39. The summed E-state index contributed by atoms with van der Waals surface area (Å²) >= 11 is 0. The van der Waals surface area contributed by atoms with Crippen LogP contribution in [0.2, 0.25) is 0 Å². The number of carbonyl (C=O) groups is 1. The van der Waals surface area contributed by atoms with E-state index in [-0.39, 0.29) is 5.78 Å². The second-order valence-corrected chi connectivity index (χ2v) is 1.43. The minimum atomic E-state index is -0.192. The molecule has 0 unspecified atom stereocenters. The Balaban J connectivity index is 3.54. The third kappa shape index (κ3) is 4.46. The van der Waals surface area contributed by atoms with Crippen LogP contribution in [0.15, 0.2) is 0 Å². The third-order valence-electron chi connectivity index (χ3n) is 0.724. The highest BCUT2D eigenvalue weighted by atomic mass is 16.1. The fourth-order valence-electron chi connectivity index (χ4n) is 0.332. The van der Waals surface area contributed by atoms with Crippen molar-refractivity contribution in [1.82, 2.24) is 0 Å². The molecule has 0 aromatic rings. The summed E-state index contributed by atoms with van der Waals surface area (Å²) in [7, 11) is 0. The lowest BCUT2D eigenvalue weighted by molar-refractivity contribution is -0.131. The summed E-state index contributed by atoms with van der Waals surface area (Å²) in [4.78, 5) is 13.2. The smallest absolute Gasteiger partial charge is 0.287 e. The van der Waals surface area contributed by atoms with Crippen molar-refractivity contribution in [3.63, 3.8) is 0 Å². The predicted octanol–water partition coefficient (Wildman–Crippen LogP) is 0.279. The summed E-state index contributed by atoms with van der Waals surface area (Å²) in [5, 5.41) is 0. The number of nitrogens with zero attached hydrogens (tertiary/aromatic N) is 1. The fourth-order valence-corrected chi connectivity index (χ4v) is 0.332. The summed E-state index contributed by atoms with van der Waals surface area (Å²) < 4.78 is 0. The Morgan fingerprint density at radius 3 is 3.00 bits per heavy atom. The van der Waals surface area contributed by atoms with Gasteiger partial charge in [0.2, 0.25) is 5.78 Å². The molecule has 0 rings (SSSR count). The number of rotatable bonds is 3. The molecule has 0 aromatic heterocycles. The first-order chi connectivity index (χ1) is 4.31. The van der Waals surface area contributed by atoms with Gasteiger partial charge in [0, 0.05) is 12.8 Å². The minimum Gasteiger partial charge on any atom is -0.287 e. The number of terminal acetylenes is 1. The van der Waals surface area contributed by atoms with Gasteiger partial charge in [0.15, 0.2) is 0 Å². The van der Waals surface area contributed by atoms with Crippen molar-refractivity contribution < 1.29 is 9.58 Å². The molecule has 0 aliphatic rings. The zero-order chi connectivity index (χ0) is 7.11. The molecule has 0 saturated heterocycles. The summed E-state index contributed by atoms with van der Waals surface area (Å²) in [5.41, 5.74) is 6.27. The van der Waals surface area contributed by atoms with Crippen LogP contribution in [0, 0.1) is 17.9 Å². The molecular weight excluding hydrogens is 116 g/mol. The van der Waals surface area contributed by atoms with Gasteiger partial charge >= 0.3 is 6.21 Å². The molecule has 0 heterocycles. The lowest BCUT2D eigenvalue weighted by Gasteiger charge is -1.77. The molecular formula is C6H7N2O+. The van der Waals surface area contributed by atoms with E-state index in [2.05, 4.69) is 10.7 Å². The maximum Gasteiger partial charge on any atom is 0.372 e. The number of nitrogens with one attached hydrogen (secondary N) is 1. The molecule has 0 amide bonds. The maximum absolute atomic E-state index is 10.4. The van der Waals surface area contributed by atoms with Gasteiger partial charge < -0.3 is 0 Å². The van der Waals surface area contributed by atoms with Crippen molar-refractivity contribution in [2.45, 2.75) is 12.8 Å². The molecule has 0 spiro atoms. The largest absolute Gasteiger partial charge is 0.372 e. The summed E-state index contributed by atoms with van der Waals surface area (Å²) in [6, 6.07) is 0. The van der Waals surface area contributed by atoms with Crippen LogP contribution < -0.4 is 0 Å². The SMILES string of the molecule is C#CCCC(=O)C=[N+]=N. The van der Waals surface area contributed by atoms with E-state index in [1.165, 1.54) is 0 Å². The van der Waals surface area contributed by atoms with Crippen molar-refractivity contribution in [1.29, 1.82) is 5.53 Å². The number of hydrogen-bond donors (Lipinski definition) is 1.